The monoisotopic (exact) mass is 195 g/mol. The predicted molar refractivity (Wildman–Crippen MR) is 57.7 cm³/mol. The maximum Gasteiger partial charge on any atom is 0.126 e. The summed E-state index contributed by atoms with van der Waals surface area (Å²) in [7, 11) is 0. The quantitative estimate of drug-likeness (QED) is 0.778. The van der Waals surface area contributed by atoms with Crippen molar-refractivity contribution >= 4 is 0 Å². The largest absolute Gasteiger partial charge is 0.310 e. The second-order valence-corrected chi connectivity index (χ2v) is 3.77. The summed E-state index contributed by atoms with van der Waals surface area (Å²) in [6, 6.07) is 5.77. The Balaban J connectivity index is 2.55. The molecule has 0 aliphatic heterocycles. The SMILES string of the molecule is CC[C@H](C)NCc1ccc(F)c(C)c1. The normalized spacial score (nSPS) is 12.9. The number of aryl methyl sites for hydroxylation is 1. The van der Waals surface area contributed by atoms with Crippen molar-refractivity contribution in [3.05, 3.63) is 35.1 Å². The van der Waals surface area contributed by atoms with Crippen LogP contribution in [0.4, 0.5) is 4.39 Å². The molecule has 1 aromatic rings. The molecule has 78 valence electrons. The highest BCUT2D eigenvalue weighted by atomic mass is 19.1. The molecule has 0 unspecified atom stereocenters. The van der Waals surface area contributed by atoms with E-state index in [2.05, 4.69) is 19.2 Å². The fourth-order valence-electron chi connectivity index (χ4n) is 1.25. The van der Waals surface area contributed by atoms with Crippen LogP contribution in [0.2, 0.25) is 0 Å². The first-order valence-corrected chi connectivity index (χ1v) is 5.12. The van der Waals surface area contributed by atoms with Gasteiger partial charge in [-0.05, 0) is 37.5 Å². The van der Waals surface area contributed by atoms with Crippen LogP contribution in [-0.2, 0) is 6.54 Å². The van der Waals surface area contributed by atoms with Crippen LogP contribution in [0.25, 0.3) is 0 Å². The number of hydrogen-bond donors (Lipinski definition) is 1. The molecule has 1 N–H and O–H groups in total. The summed E-state index contributed by atoms with van der Waals surface area (Å²) >= 11 is 0. The molecule has 1 aromatic carbocycles. The van der Waals surface area contributed by atoms with Crippen LogP contribution in [0.3, 0.4) is 0 Å². The molecule has 0 radical (unpaired) electrons. The van der Waals surface area contributed by atoms with E-state index in [-0.39, 0.29) is 5.82 Å². The molecule has 0 saturated carbocycles. The van der Waals surface area contributed by atoms with E-state index >= 15 is 0 Å². The maximum absolute atomic E-state index is 12.9. The second kappa shape index (κ2) is 5.11. The van der Waals surface area contributed by atoms with Crippen molar-refractivity contribution in [2.24, 2.45) is 0 Å². The van der Waals surface area contributed by atoms with Crippen molar-refractivity contribution in [2.45, 2.75) is 39.8 Å². The van der Waals surface area contributed by atoms with Gasteiger partial charge in [0.25, 0.3) is 0 Å². The summed E-state index contributed by atoms with van der Waals surface area (Å²) in [4.78, 5) is 0. The molecule has 0 aromatic heterocycles. The van der Waals surface area contributed by atoms with Gasteiger partial charge in [-0.25, -0.2) is 4.39 Å². The molecule has 1 rings (SSSR count). The molecule has 1 nitrogen and oxygen atoms in total. The average molecular weight is 195 g/mol. The lowest BCUT2D eigenvalue weighted by Gasteiger charge is -2.11. The maximum atomic E-state index is 12.9. The Morgan fingerprint density at radius 1 is 1.43 bits per heavy atom. The first-order valence-electron chi connectivity index (χ1n) is 5.12. The molecule has 14 heavy (non-hydrogen) atoms. The molecular weight excluding hydrogens is 177 g/mol. The van der Waals surface area contributed by atoms with Crippen LogP contribution in [0.15, 0.2) is 18.2 Å². The highest BCUT2D eigenvalue weighted by molar-refractivity contribution is 5.23. The zero-order valence-corrected chi connectivity index (χ0v) is 9.10. The van der Waals surface area contributed by atoms with Crippen molar-refractivity contribution in [3.8, 4) is 0 Å². The summed E-state index contributed by atoms with van der Waals surface area (Å²) in [5.41, 5.74) is 1.86. The topological polar surface area (TPSA) is 12.0 Å². The Bertz CT molecular complexity index is 296. The molecule has 0 aliphatic rings. The third-order valence-corrected chi connectivity index (χ3v) is 2.49. The van der Waals surface area contributed by atoms with Gasteiger partial charge in [0.1, 0.15) is 5.82 Å². The summed E-state index contributed by atoms with van der Waals surface area (Å²) in [6.45, 7) is 6.90. The third kappa shape index (κ3) is 3.11. The Hall–Kier alpha value is -0.890. The lowest BCUT2D eigenvalue weighted by Crippen LogP contribution is -2.24. The van der Waals surface area contributed by atoms with Gasteiger partial charge in [-0.3, -0.25) is 0 Å². The van der Waals surface area contributed by atoms with E-state index in [0.717, 1.165) is 18.5 Å². The average Bonchev–Trinajstić information content (AvgIpc) is 2.19. The van der Waals surface area contributed by atoms with Gasteiger partial charge < -0.3 is 5.32 Å². The first-order chi connectivity index (χ1) is 6.63. The number of rotatable bonds is 4. The Kier molecular flexibility index (Phi) is 4.08. The van der Waals surface area contributed by atoms with Crippen LogP contribution >= 0.6 is 0 Å². The van der Waals surface area contributed by atoms with E-state index < -0.39 is 0 Å². The number of benzene rings is 1. The third-order valence-electron chi connectivity index (χ3n) is 2.49. The van der Waals surface area contributed by atoms with Crippen LogP contribution in [0.1, 0.15) is 31.4 Å². The van der Waals surface area contributed by atoms with E-state index in [1.807, 2.05) is 12.1 Å². The minimum atomic E-state index is -0.128. The molecule has 0 heterocycles. The van der Waals surface area contributed by atoms with Crippen LogP contribution in [-0.4, -0.2) is 6.04 Å². The van der Waals surface area contributed by atoms with Gasteiger partial charge in [0.2, 0.25) is 0 Å². The van der Waals surface area contributed by atoms with E-state index in [9.17, 15) is 4.39 Å². The highest BCUT2D eigenvalue weighted by Crippen LogP contribution is 2.09. The van der Waals surface area contributed by atoms with E-state index in [0.29, 0.717) is 11.6 Å². The van der Waals surface area contributed by atoms with Crippen molar-refractivity contribution < 1.29 is 4.39 Å². The molecule has 0 aliphatic carbocycles. The Morgan fingerprint density at radius 2 is 2.14 bits per heavy atom. The molecule has 0 fully saturated rings. The van der Waals surface area contributed by atoms with Gasteiger partial charge in [-0.2, -0.15) is 0 Å². The van der Waals surface area contributed by atoms with E-state index in [1.165, 1.54) is 6.07 Å². The van der Waals surface area contributed by atoms with Crippen molar-refractivity contribution in [1.82, 2.24) is 5.32 Å². The highest BCUT2D eigenvalue weighted by Gasteiger charge is 2.00. The molecule has 0 saturated heterocycles. The summed E-state index contributed by atoms with van der Waals surface area (Å²) < 4.78 is 12.9. The Morgan fingerprint density at radius 3 is 2.71 bits per heavy atom. The van der Waals surface area contributed by atoms with Crippen LogP contribution in [0.5, 0.6) is 0 Å². The molecule has 0 bridgehead atoms. The summed E-state index contributed by atoms with van der Waals surface area (Å²) in [5, 5.41) is 3.37. The molecule has 1 atom stereocenters. The zero-order chi connectivity index (χ0) is 10.6. The minimum absolute atomic E-state index is 0.128. The molecule has 0 amide bonds. The smallest absolute Gasteiger partial charge is 0.126 e. The summed E-state index contributed by atoms with van der Waals surface area (Å²) in [5.74, 6) is -0.128. The minimum Gasteiger partial charge on any atom is -0.310 e. The lowest BCUT2D eigenvalue weighted by atomic mass is 10.1. The zero-order valence-electron chi connectivity index (χ0n) is 9.10. The number of nitrogens with one attached hydrogen (secondary N) is 1. The van der Waals surface area contributed by atoms with Crippen LogP contribution in [0, 0.1) is 12.7 Å². The van der Waals surface area contributed by atoms with Crippen molar-refractivity contribution in [1.29, 1.82) is 0 Å². The van der Waals surface area contributed by atoms with Gasteiger partial charge in [0.05, 0.1) is 0 Å². The second-order valence-electron chi connectivity index (χ2n) is 3.77. The number of hydrogen-bond acceptors (Lipinski definition) is 1. The van der Waals surface area contributed by atoms with Gasteiger partial charge in [0.15, 0.2) is 0 Å². The molecule has 0 spiro atoms. The standard InChI is InChI=1S/C12H18FN/c1-4-10(3)14-8-11-5-6-12(13)9(2)7-11/h5-7,10,14H,4,8H2,1-3H3/t10-/m0/s1. The Labute approximate surface area is 85.3 Å². The van der Waals surface area contributed by atoms with Crippen molar-refractivity contribution in [3.63, 3.8) is 0 Å². The first kappa shape index (κ1) is 11.2. The lowest BCUT2D eigenvalue weighted by molar-refractivity contribution is 0.533. The molecule has 2 heteroatoms. The summed E-state index contributed by atoms with van der Waals surface area (Å²) in [6.07, 6.45) is 1.11. The predicted octanol–water partition coefficient (Wildman–Crippen LogP) is 3.02. The van der Waals surface area contributed by atoms with Gasteiger partial charge in [-0.15, -0.1) is 0 Å². The van der Waals surface area contributed by atoms with Crippen molar-refractivity contribution in [2.75, 3.05) is 0 Å². The molecular formula is C12H18FN. The van der Waals surface area contributed by atoms with Gasteiger partial charge in [0, 0.05) is 12.6 Å². The fraction of sp³-hybridized carbons (Fsp3) is 0.500. The fourth-order valence-corrected chi connectivity index (χ4v) is 1.25. The van der Waals surface area contributed by atoms with E-state index in [4.69, 9.17) is 0 Å². The van der Waals surface area contributed by atoms with E-state index in [1.54, 1.807) is 6.92 Å². The van der Waals surface area contributed by atoms with Crippen LogP contribution < -0.4 is 5.32 Å². The van der Waals surface area contributed by atoms with Gasteiger partial charge >= 0.3 is 0 Å². The van der Waals surface area contributed by atoms with Gasteiger partial charge in [-0.1, -0.05) is 19.1 Å². The number of halogens is 1.